The van der Waals surface area contributed by atoms with Gasteiger partial charge in [-0.25, -0.2) is 4.39 Å². The minimum atomic E-state index is -0.394. The number of carbonyl (C=O) groups excluding carboxylic acids is 1. The van der Waals surface area contributed by atoms with Gasteiger partial charge in [-0.15, -0.1) is 0 Å². The third-order valence-electron chi connectivity index (χ3n) is 2.97. The van der Waals surface area contributed by atoms with Gasteiger partial charge in [0.15, 0.2) is 5.76 Å². The second-order valence-electron chi connectivity index (χ2n) is 4.41. The fourth-order valence-electron chi connectivity index (χ4n) is 1.93. The Morgan fingerprint density at radius 2 is 1.95 bits per heavy atom. The van der Waals surface area contributed by atoms with Crippen molar-refractivity contribution in [2.75, 3.05) is 0 Å². The molecule has 0 spiro atoms. The van der Waals surface area contributed by atoms with Crippen molar-refractivity contribution in [3.05, 3.63) is 72.1 Å². The van der Waals surface area contributed by atoms with Crippen LogP contribution in [0.25, 0.3) is 11.3 Å². The van der Waals surface area contributed by atoms with Crippen LogP contribution < -0.4 is 5.32 Å². The molecule has 3 aromatic rings. The number of furan rings is 2. The lowest BCUT2D eigenvalue weighted by atomic mass is 10.1. The number of carbonyl (C=O) groups is 1. The minimum absolute atomic E-state index is 0.125. The van der Waals surface area contributed by atoms with Crippen LogP contribution in [0, 0.1) is 5.82 Å². The van der Waals surface area contributed by atoms with Crippen molar-refractivity contribution in [2.45, 2.75) is 6.54 Å². The Morgan fingerprint density at radius 1 is 1.10 bits per heavy atom. The van der Waals surface area contributed by atoms with Crippen LogP contribution in [0.2, 0.25) is 0 Å². The summed E-state index contributed by atoms with van der Waals surface area (Å²) in [4.78, 5) is 11.9. The molecular weight excluding hydrogens is 273 g/mol. The van der Waals surface area contributed by atoms with E-state index in [0.29, 0.717) is 17.1 Å². The number of halogens is 1. The van der Waals surface area contributed by atoms with E-state index in [-0.39, 0.29) is 18.2 Å². The van der Waals surface area contributed by atoms with Crippen LogP contribution in [0.15, 0.2) is 63.6 Å². The lowest BCUT2D eigenvalue weighted by Gasteiger charge is -2.01. The molecule has 0 saturated carbocycles. The minimum Gasteiger partial charge on any atom is -0.467 e. The molecule has 0 bridgehead atoms. The molecular formula is C16H12FNO3. The normalized spacial score (nSPS) is 10.5. The van der Waals surface area contributed by atoms with E-state index in [9.17, 15) is 9.18 Å². The van der Waals surface area contributed by atoms with E-state index in [1.165, 1.54) is 18.4 Å². The second-order valence-corrected chi connectivity index (χ2v) is 4.41. The van der Waals surface area contributed by atoms with E-state index in [2.05, 4.69) is 5.32 Å². The lowest BCUT2D eigenvalue weighted by molar-refractivity contribution is 0.0921. The molecule has 4 nitrogen and oxygen atoms in total. The summed E-state index contributed by atoms with van der Waals surface area (Å²) in [6, 6.07) is 12.8. The predicted octanol–water partition coefficient (Wildman–Crippen LogP) is 3.61. The van der Waals surface area contributed by atoms with E-state index < -0.39 is 5.82 Å². The third kappa shape index (κ3) is 2.86. The molecule has 5 heteroatoms. The largest absolute Gasteiger partial charge is 0.467 e. The van der Waals surface area contributed by atoms with E-state index in [1.807, 2.05) is 0 Å². The number of hydrogen-bond acceptors (Lipinski definition) is 3. The van der Waals surface area contributed by atoms with Crippen molar-refractivity contribution < 1.29 is 18.0 Å². The van der Waals surface area contributed by atoms with E-state index in [0.717, 1.165) is 0 Å². The van der Waals surface area contributed by atoms with Gasteiger partial charge in [0.05, 0.1) is 18.4 Å². The number of nitrogens with one attached hydrogen (secondary N) is 1. The van der Waals surface area contributed by atoms with Gasteiger partial charge in [0, 0.05) is 0 Å². The molecule has 2 heterocycles. The van der Waals surface area contributed by atoms with Gasteiger partial charge < -0.3 is 14.2 Å². The molecule has 2 aromatic heterocycles. The van der Waals surface area contributed by atoms with Gasteiger partial charge >= 0.3 is 0 Å². The summed E-state index contributed by atoms with van der Waals surface area (Å²) in [7, 11) is 0. The maximum absolute atomic E-state index is 13.6. The lowest BCUT2D eigenvalue weighted by Crippen LogP contribution is -2.21. The zero-order chi connectivity index (χ0) is 14.7. The quantitative estimate of drug-likeness (QED) is 0.796. The van der Waals surface area contributed by atoms with Crippen LogP contribution in [0.1, 0.15) is 16.3 Å². The Balaban J connectivity index is 1.73. The highest BCUT2D eigenvalue weighted by Crippen LogP contribution is 2.24. The van der Waals surface area contributed by atoms with Gasteiger partial charge in [-0.1, -0.05) is 12.1 Å². The van der Waals surface area contributed by atoms with Crippen molar-refractivity contribution in [1.82, 2.24) is 5.32 Å². The number of rotatable bonds is 4. The van der Waals surface area contributed by atoms with Crippen molar-refractivity contribution in [3.8, 4) is 11.3 Å². The first kappa shape index (κ1) is 13.2. The zero-order valence-electron chi connectivity index (χ0n) is 11.0. The average molecular weight is 285 g/mol. The van der Waals surface area contributed by atoms with Gasteiger partial charge in [0.25, 0.3) is 5.91 Å². The van der Waals surface area contributed by atoms with Crippen LogP contribution in [0.3, 0.4) is 0 Å². The molecule has 1 N–H and O–H groups in total. The van der Waals surface area contributed by atoms with Gasteiger partial charge in [-0.2, -0.15) is 0 Å². The molecule has 21 heavy (non-hydrogen) atoms. The molecule has 1 amide bonds. The third-order valence-corrected chi connectivity index (χ3v) is 2.97. The maximum Gasteiger partial charge on any atom is 0.287 e. The second kappa shape index (κ2) is 5.66. The molecule has 106 valence electrons. The Morgan fingerprint density at radius 3 is 2.71 bits per heavy atom. The van der Waals surface area contributed by atoms with Crippen LogP contribution >= 0.6 is 0 Å². The van der Waals surface area contributed by atoms with Crippen LogP contribution in [0.5, 0.6) is 0 Å². The van der Waals surface area contributed by atoms with Gasteiger partial charge in [0.1, 0.15) is 17.3 Å². The van der Waals surface area contributed by atoms with Crippen LogP contribution in [-0.2, 0) is 6.54 Å². The summed E-state index contributed by atoms with van der Waals surface area (Å²) in [6.07, 6.45) is 1.53. The first-order valence-corrected chi connectivity index (χ1v) is 6.39. The molecule has 0 saturated heterocycles. The van der Waals surface area contributed by atoms with Gasteiger partial charge in [0.2, 0.25) is 0 Å². The number of benzene rings is 1. The summed E-state index contributed by atoms with van der Waals surface area (Å²) >= 11 is 0. The SMILES string of the molecule is O=C(NCc1ccco1)c1ccc(-c2ccccc2F)o1. The molecule has 0 atom stereocenters. The average Bonchev–Trinajstić information content (AvgIpc) is 3.17. The Bertz CT molecular complexity index is 746. The summed E-state index contributed by atoms with van der Waals surface area (Å²) in [6.45, 7) is 0.265. The monoisotopic (exact) mass is 285 g/mol. The molecule has 0 unspecified atom stereocenters. The standard InChI is InChI=1S/C16H12FNO3/c17-13-6-2-1-5-12(13)14-7-8-15(21-14)16(19)18-10-11-4-3-9-20-11/h1-9H,10H2,(H,18,19). The van der Waals surface area contributed by atoms with Crippen molar-refractivity contribution in [1.29, 1.82) is 0 Å². The summed E-state index contributed by atoms with van der Waals surface area (Å²) in [5.41, 5.74) is 0.322. The molecule has 0 aliphatic rings. The summed E-state index contributed by atoms with van der Waals surface area (Å²) in [5.74, 6) is 0.309. The Labute approximate surface area is 120 Å². The van der Waals surface area contributed by atoms with E-state index in [1.54, 1.807) is 36.4 Å². The van der Waals surface area contributed by atoms with Crippen LogP contribution in [0.4, 0.5) is 4.39 Å². The van der Waals surface area contributed by atoms with Gasteiger partial charge in [-0.05, 0) is 36.4 Å². The van der Waals surface area contributed by atoms with E-state index >= 15 is 0 Å². The van der Waals surface area contributed by atoms with Crippen molar-refractivity contribution >= 4 is 5.91 Å². The van der Waals surface area contributed by atoms with E-state index in [4.69, 9.17) is 8.83 Å². The first-order valence-electron chi connectivity index (χ1n) is 6.39. The maximum atomic E-state index is 13.6. The highest BCUT2D eigenvalue weighted by molar-refractivity contribution is 5.92. The van der Waals surface area contributed by atoms with Crippen molar-refractivity contribution in [2.24, 2.45) is 0 Å². The fourth-order valence-corrected chi connectivity index (χ4v) is 1.93. The molecule has 1 aromatic carbocycles. The molecule has 0 aliphatic carbocycles. The number of amides is 1. The highest BCUT2D eigenvalue weighted by Gasteiger charge is 2.14. The molecule has 3 rings (SSSR count). The molecule has 0 radical (unpaired) electrons. The Kier molecular flexibility index (Phi) is 3.55. The van der Waals surface area contributed by atoms with Gasteiger partial charge in [-0.3, -0.25) is 4.79 Å². The first-order chi connectivity index (χ1) is 10.2. The molecule has 0 fully saturated rings. The number of hydrogen-bond donors (Lipinski definition) is 1. The predicted molar refractivity (Wildman–Crippen MR) is 74.0 cm³/mol. The topological polar surface area (TPSA) is 55.4 Å². The highest BCUT2D eigenvalue weighted by atomic mass is 19.1. The smallest absolute Gasteiger partial charge is 0.287 e. The zero-order valence-corrected chi connectivity index (χ0v) is 11.0. The fraction of sp³-hybridized carbons (Fsp3) is 0.0625. The van der Waals surface area contributed by atoms with Crippen LogP contribution in [-0.4, -0.2) is 5.91 Å². The summed E-state index contributed by atoms with van der Waals surface area (Å²) < 4.78 is 24.2. The Hall–Kier alpha value is -2.82. The van der Waals surface area contributed by atoms with Crippen molar-refractivity contribution in [3.63, 3.8) is 0 Å². The summed E-state index contributed by atoms with van der Waals surface area (Å²) in [5, 5.41) is 2.66. The molecule has 0 aliphatic heterocycles.